The van der Waals surface area contributed by atoms with Crippen LogP contribution in [0.5, 0.6) is 0 Å². The Balaban J connectivity index is 1.11. The predicted molar refractivity (Wildman–Crippen MR) is 259 cm³/mol. The molecule has 3 heterocycles. The van der Waals surface area contributed by atoms with E-state index < -0.39 is 187 Å². The van der Waals surface area contributed by atoms with Gasteiger partial charge in [-0.1, -0.05) is 59.3 Å². The van der Waals surface area contributed by atoms with E-state index in [2.05, 4.69) is 26.8 Å². The third-order valence-electron chi connectivity index (χ3n) is 20.8. The van der Waals surface area contributed by atoms with E-state index in [-0.39, 0.29) is 31.3 Å². The monoisotopic (exact) mass is 1090 g/mol. The summed E-state index contributed by atoms with van der Waals surface area (Å²) in [6, 6.07) is 0. The van der Waals surface area contributed by atoms with Crippen LogP contribution < -0.4 is 0 Å². The molecule has 0 spiro atoms. The largest absolute Gasteiger partial charge is 0.479 e. The number of carbonyl (C=O) groups is 2. The molecule has 0 amide bonds. The zero-order valence-electron chi connectivity index (χ0n) is 44.6. The van der Waals surface area contributed by atoms with Gasteiger partial charge in [-0.2, -0.15) is 0 Å². The fourth-order valence-electron chi connectivity index (χ4n) is 15.8. The van der Waals surface area contributed by atoms with Gasteiger partial charge in [0, 0.05) is 11.0 Å². The Hall–Kier alpha value is -2.34. The lowest BCUT2D eigenvalue weighted by molar-refractivity contribution is -0.392. The highest BCUT2D eigenvalue weighted by atomic mass is 16.8. The summed E-state index contributed by atoms with van der Waals surface area (Å²) in [5.41, 5.74) is -3.58. The molecule has 0 bridgehead atoms. The zero-order valence-corrected chi connectivity index (χ0v) is 44.6. The van der Waals surface area contributed by atoms with Crippen molar-refractivity contribution in [2.24, 2.45) is 50.2 Å². The lowest BCUT2D eigenvalue weighted by Crippen LogP contribution is -2.72. The van der Waals surface area contributed by atoms with E-state index in [9.17, 15) is 81.1 Å². The van der Waals surface area contributed by atoms with Crippen molar-refractivity contribution < 1.29 is 114 Å². The summed E-state index contributed by atoms with van der Waals surface area (Å²) in [5, 5.41) is 155. The van der Waals surface area contributed by atoms with Crippen molar-refractivity contribution >= 4 is 11.9 Å². The van der Waals surface area contributed by atoms with Crippen LogP contribution in [0.2, 0.25) is 0 Å². The molecule has 3 aliphatic heterocycles. The van der Waals surface area contributed by atoms with E-state index in [4.69, 9.17) is 33.2 Å². The van der Waals surface area contributed by atoms with Crippen molar-refractivity contribution in [2.75, 3.05) is 26.4 Å². The van der Waals surface area contributed by atoms with Crippen molar-refractivity contribution in [3.05, 3.63) is 23.3 Å². The van der Waals surface area contributed by atoms with Gasteiger partial charge in [-0.15, -0.1) is 0 Å². The summed E-state index contributed by atoms with van der Waals surface area (Å²) < 4.78 is 41.8. The molecule has 0 aromatic rings. The van der Waals surface area contributed by atoms with Crippen LogP contribution >= 0.6 is 0 Å². The van der Waals surface area contributed by atoms with E-state index in [1.54, 1.807) is 19.9 Å². The van der Waals surface area contributed by atoms with Gasteiger partial charge >= 0.3 is 11.9 Å². The SMILES string of the molecule is C/C=C(/C)C(=O)OC[C@@]12[C@H](O)C[C@]3(C)C(=CC[C@@H]4[C@@]5(C)CC[C@H](O[C@@H]6O[C@H](C(=O)O)[C@@H](O[C@@H]7O[C@H](CO)[C@@H](O)[C@H](O)[C@H]7O)[C@H](O)[C@H]6O[C@@H]6O[C@H](CO)[C@@H](O)[C@H](O)[C@H]6O)[C@](C)(CO)[C@@H]5CC[C@]43C)[C@@H]1CC(C)(C)[C@@H](O)[C@@H]2O. The first kappa shape index (κ1) is 59.8. The van der Waals surface area contributed by atoms with Gasteiger partial charge in [0.2, 0.25) is 0 Å². The highest BCUT2D eigenvalue weighted by Crippen LogP contribution is 2.76. The quantitative estimate of drug-likeness (QED) is 0.0415. The van der Waals surface area contributed by atoms with Gasteiger partial charge in [0.05, 0.1) is 49.7 Å². The second kappa shape index (κ2) is 21.5. The number of ether oxygens (including phenoxy) is 7. The number of rotatable bonds is 13. The van der Waals surface area contributed by atoms with E-state index in [0.717, 1.165) is 5.57 Å². The highest BCUT2D eigenvalue weighted by Gasteiger charge is 2.73. The first-order chi connectivity index (χ1) is 35.5. The topological polar surface area (TPSA) is 382 Å². The molecule has 3 saturated heterocycles. The maximum absolute atomic E-state index is 13.1. The lowest BCUT2D eigenvalue weighted by Gasteiger charge is -2.72. The van der Waals surface area contributed by atoms with Gasteiger partial charge in [-0.25, -0.2) is 9.59 Å². The van der Waals surface area contributed by atoms with Gasteiger partial charge in [0.25, 0.3) is 0 Å². The standard InChI is InChI=1S/C53H84O23/c1-9-22(2)44(69)70-21-53-24(16-48(3,4)41(65)42(53)66)23-10-11-28-49(5)14-13-30(50(6,20-56)27(49)12-15-51(28,7)52(23,8)17-29(53)57)73-47-39(75-46-36(63)34(61)32(59)26(19-55)72-46)37(64)38(40(76-47)43(67)68)74-45-35(62)33(60)31(58)25(18-54)71-45/h9-10,24-42,45-47,54-66H,11-21H2,1-8H3,(H,67,68)/b22-9-/t24-,25+,26+,27+,28+,29+,30-,31+,32+,33-,34-,35+,36+,37-,38-,39+,40-,41-,42-,45-,46-,47+,49-,50+,51+,52+,53-/m0/s1. The third kappa shape index (κ3) is 9.25. The number of allylic oxidation sites excluding steroid dienone is 3. The summed E-state index contributed by atoms with van der Waals surface area (Å²) in [6.07, 6.45) is -26.6. The number of fused-ring (bicyclic) bond motifs is 7. The van der Waals surface area contributed by atoms with Crippen LogP contribution in [0.1, 0.15) is 100 Å². The normalized spacial score (nSPS) is 52.3. The minimum absolute atomic E-state index is 0.0620. The Labute approximate surface area is 442 Å². The van der Waals surface area contributed by atoms with E-state index in [1.165, 1.54) is 0 Å². The van der Waals surface area contributed by atoms with Crippen LogP contribution in [0.3, 0.4) is 0 Å². The van der Waals surface area contributed by atoms with Gasteiger partial charge in [0.15, 0.2) is 25.0 Å². The molecule has 0 radical (unpaired) electrons. The fourth-order valence-corrected chi connectivity index (χ4v) is 15.8. The van der Waals surface area contributed by atoms with E-state index >= 15 is 0 Å². The number of carboxylic acid groups (broad SMARTS) is 1. The number of esters is 1. The molecule has 14 N–H and O–H groups in total. The average molecular weight is 1090 g/mol. The summed E-state index contributed by atoms with van der Waals surface area (Å²) in [7, 11) is 0. The molecule has 7 fully saturated rings. The molecule has 27 atom stereocenters. The summed E-state index contributed by atoms with van der Waals surface area (Å²) in [4.78, 5) is 26.2. The second-order valence-corrected chi connectivity index (χ2v) is 25.0. The van der Waals surface area contributed by atoms with Gasteiger partial charge in [0.1, 0.15) is 73.8 Å². The van der Waals surface area contributed by atoms with Crippen LogP contribution in [0.25, 0.3) is 0 Å². The maximum Gasteiger partial charge on any atom is 0.335 e. The molecular formula is C53H84O23. The van der Waals surface area contributed by atoms with Crippen LogP contribution in [-0.2, 0) is 42.7 Å². The van der Waals surface area contributed by atoms with Crippen molar-refractivity contribution in [1.82, 2.24) is 0 Å². The number of aliphatic hydroxyl groups excluding tert-OH is 13. The summed E-state index contributed by atoms with van der Waals surface area (Å²) >= 11 is 0. The van der Waals surface area contributed by atoms with Gasteiger partial charge in [-0.05, 0) is 98.2 Å². The summed E-state index contributed by atoms with van der Waals surface area (Å²) in [6.45, 7) is 13.1. The first-order valence-electron chi connectivity index (χ1n) is 26.8. The molecule has 4 saturated carbocycles. The predicted octanol–water partition coefficient (Wildman–Crippen LogP) is -1.89. The fraction of sp³-hybridized carbons (Fsp3) is 0.887. The number of aliphatic hydroxyl groups is 13. The number of hydrogen-bond acceptors (Lipinski definition) is 22. The Morgan fingerprint density at radius 2 is 1.26 bits per heavy atom. The van der Waals surface area contributed by atoms with E-state index in [1.807, 2.05) is 20.8 Å². The lowest BCUT2D eigenvalue weighted by atomic mass is 9.33. The van der Waals surface area contributed by atoms with Crippen LogP contribution in [-0.4, -0.2) is 226 Å². The van der Waals surface area contributed by atoms with Gasteiger partial charge in [-0.3, -0.25) is 0 Å². The Kier molecular flexibility index (Phi) is 16.9. The minimum Gasteiger partial charge on any atom is -0.479 e. The van der Waals surface area contributed by atoms with Crippen LogP contribution in [0.15, 0.2) is 23.3 Å². The molecule has 434 valence electrons. The zero-order chi connectivity index (χ0) is 56.2. The molecular weight excluding hydrogens is 1000 g/mol. The van der Waals surface area contributed by atoms with Crippen molar-refractivity contribution in [3.63, 3.8) is 0 Å². The van der Waals surface area contributed by atoms with E-state index in [0.29, 0.717) is 37.7 Å². The number of carbonyl (C=O) groups excluding carboxylic acids is 1. The van der Waals surface area contributed by atoms with Crippen molar-refractivity contribution in [3.8, 4) is 0 Å². The highest BCUT2D eigenvalue weighted by molar-refractivity contribution is 5.87. The molecule has 8 aliphatic rings. The minimum atomic E-state index is -2.17. The molecule has 8 rings (SSSR count). The number of carboxylic acids is 1. The molecule has 23 nitrogen and oxygen atoms in total. The molecule has 23 heteroatoms. The Morgan fingerprint density at radius 3 is 1.80 bits per heavy atom. The smallest absolute Gasteiger partial charge is 0.335 e. The molecule has 76 heavy (non-hydrogen) atoms. The maximum atomic E-state index is 13.1. The average Bonchev–Trinajstić information content (AvgIpc) is 3.58. The molecule has 0 unspecified atom stereocenters. The molecule has 5 aliphatic carbocycles. The van der Waals surface area contributed by atoms with Gasteiger partial charge < -0.3 is 105 Å². The van der Waals surface area contributed by atoms with Crippen LogP contribution in [0, 0.1) is 50.2 Å². The van der Waals surface area contributed by atoms with Crippen LogP contribution in [0.4, 0.5) is 0 Å². The Bertz CT molecular complexity index is 2170. The van der Waals surface area contributed by atoms with Crippen molar-refractivity contribution in [1.29, 1.82) is 0 Å². The van der Waals surface area contributed by atoms with Crippen molar-refractivity contribution in [2.45, 2.75) is 217 Å². The third-order valence-corrected chi connectivity index (χ3v) is 20.8. The Morgan fingerprint density at radius 1 is 0.684 bits per heavy atom. The number of aliphatic carboxylic acids is 1. The number of hydrogen-bond donors (Lipinski definition) is 14. The first-order valence-corrected chi connectivity index (χ1v) is 26.8. The summed E-state index contributed by atoms with van der Waals surface area (Å²) in [5.74, 6) is -3.13. The molecule has 0 aromatic carbocycles. The molecule has 0 aromatic heterocycles. The second-order valence-electron chi connectivity index (χ2n) is 25.0.